The van der Waals surface area contributed by atoms with Crippen LogP contribution >= 0.6 is 23.2 Å². The van der Waals surface area contributed by atoms with Gasteiger partial charge in [0.05, 0.1) is 10.6 Å². The third-order valence-electron chi connectivity index (χ3n) is 3.31. The average molecular weight is 317 g/mol. The van der Waals surface area contributed by atoms with E-state index in [0.29, 0.717) is 18.7 Å². The van der Waals surface area contributed by atoms with Gasteiger partial charge in [0, 0.05) is 25.7 Å². The molecule has 20 heavy (non-hydrogen) atoms. The summed E-state index contributed by atoms with van der Waals surface area (Å²) in [5.41, 5.74) is 0.371. The molecule has 2 heterocycles. The minimum atomic E-state index is -0.833. The van der Waals surface area contributed by atoms with Crippen molar-refractivity contribution < 1.29 is 14.7 Å². The van der Waals surface area contributed by atoms with Crippen molar-refractivity contribution in [1.29, 1.82) is 0 Å². The Kier molecular flexibility index (Phi) is 4.83. The van der Waals surface area contributed by atoms with Crippen LogP contribution in [0.15, 0.2) is 12.3 Å². The Morgan fingerprint density at radius 1 is 1.45 bits per heavy atom. The predicted octanol–water partition coefficient (Wildman–Crippen LogP) is 2.72. The van der Waals surface area contributed by atoms with Gasteiger partial charge in [-0.3, -0.25) is 9.59 Å². The lowest BCUT2D eigenvalue weighted by Gasteiger charge is -2.32. The van der Waals surface area contributed by atoms with Crippen LogP contribution in [0.2, 0.25) is 10.2 Å². The van der Waals surface area contributed by atoms with Gasteiger partial charge >= 0.3 is 5.97 Å². The standard InChI is InChI=1S/C13H14Cl2N2O3/c14-10-5-9(6-16-12(10)15)13(20)17-3-1-2-8(7-17)4-11(18)19/h5-6,8H,1-4,7H2,(H,18,19). The second-order valence-electron chi connectivity index (χ2n) is 4.85. The number of carboxylic acid groups (broad SMARTS) is 1. The van der Waals surface area contributed by atoms with Gasteiger partial charge in [0.2, 0.25) is 0 Å². The van der Waals surface area contributed by atoms with Crippen LogP contribution in [-0.4, -0.2) is 40.0 Å². The highest BCUT2D eigenvalue weighted by atomic mass is 35.5. The lowest BCUT2D eigenvalue weighted by molar-refractivity contribution is -0.138. The molecule has 7 heteroatoms. The third-order valence-corrected chi connectivity index (χ3v) is 4.00. The number of nitrogens with zero attached hydrogens (tertiary/aromatic N) is 2. The molecule has 1 atom stereocenters. The lowest BCUT2D eigenvalue weighted by Crippen LogP contribution is -2.40. The molecule has 1 aliphatic rings. The number of carbonyl (C=O) groups excluding carboxylic acids is 1. The molecule has 108 valence electrons. The van der Waals surface area contributed by atoms with E-state index >= 15 is 0 Å². The summed E-state index contributed by atoms with van der Waals surface area (Å²) in [7, 11) is 0. The largest absolute Gasteiger partial charge is 0.481 e. The fourth-order valence-corrected chi connectivity index (χ4v) is 2.65. The summed E-state index contributed by atoms with van der Waals surface area (Å²) < 4.78 is 0. The van der Waals surface area contributed by atoms with Crippen LogP contribution < -0.4 is 0 Å². The van der Waals surface area contributed by atoms with E-state index in [-0.39, 0.29) is 28.4 Å². The number of carbonyl (C=O) groups is 2. The lowest BCUT2D eigenvalue weighted by atomic mass is 9.94. The summed E-state index contributed by atoms with van der Waals surface area (Å²) >= 11 is 11.6. The number of pyridine rings is 1. The molecule has 1 amide bonds. The molecule has 0 bridgehead atoms. The number of halogens is 2. The normalized spacial score (nSPS) is 18.9. The number of hydrogen-bond donors (Lipinski definition) is 1. The number of carboxylic acids is 1. The van der Waals surface area contributed by atoms with E-state index in [9.17, 15) is 9.59 Å². The number of piperidine rings is 1. The highest BCUT2D eigenvalue weighted by molar-refractivity contribution is 6.41. The molecule has 1 aromatic heterocycles. The van der Waals surface area contributed by atoms with Gasteiger partial charge in [-0.2, -0.15) is 0 Å². The van der Waals surface area contributed by atoms with Crippen LogP contribution in [0.1, 0.15) is 29.6 Å². The maximum absolute atomic E-state index is 12.3. The number of likely N-dealkylation sites (tertiary alicyclic amines) is 1. The summed E-state index contributed by atoms with van der Waals surface area (Å²) in [5.74, 6) is -1.02. The zero-order valence-corrected chi connectivity index (χ0v) is 12.2. The van der Waals surface area contributed by atoms with E-state index in [0.717, 1.165) is 12.8 Å². The summed E-state index contributed by atoms with van der Waals surface area (Å²) in [5, 5.41) is 9.22. The summed E-state index contributed by atoms with van der Waals surface area (Å²) in [6.45, 7) is 1.07. The monoisotopic (exact) mass is 316 g/mol. The van der Waals surface area contributed by atoms with E-state index in [1.165, 1.54) is 12.3 Å². The first kappa shape index (κ1) is 15.1. The molecule has 1 saturated heterocycles. The van der Waals surface area contributed by atoms with Crippen molar-refractivity contribution in [3.8, 4) is 0 Å². The number of aliphatic carboxylic acids is 1. The first-order valence-corrected chi connectivity index (χ1v) is 7.05. The molecule has 0 aromatic carbocycles. The highest BCUT2D eigenvalue weighted by Crippen LogP contribution is 2.24. The van der Waals surface area contributed by atoms with Crippen LogP contribution in [0.25, 0.3) is 0 Å². The molecule has 1 fully saturated rings. The number of rotatable bonds is 3. The number of amides is 1. The fourth-order valence-electron chi connectivity index (χ4n) is 2.38. The quantitative estimate of drug-likeness (QED) is 0.870. The van der Waals surface area contributed by atoms with Crippen LogP contribution in [0, 0.1) is 5.92 Å². The first-order chi connectivity index (χ1) is 9.47. The summed E-state index contributed by atoms with van der Waals surface area (Å²) in [6, 6.07) is 1.49. The Hall–Kier alpha value is -1.33. The van der Waals surface area contributed by atoms with Crippen molar-refractivity contribution in [3.63, 3.8) is 0 Å². The van der Waals surface area contributed by atoms with Crippen LogP contribution in [0.4, 0.5) is 0 Å². The zero-order chi connectivity index (χ0) is 14.7. The van der Waals surface area contributed by atoms with Gasteiger partial charge in [0.15, 0.2) is 0 Å². The fraction of sp³-hybridized carbons (Fsp3) is 0.462. The molecule has 1 aromatic rings. The van der Waals surface area contributed by atoms with Gasteiger partial charge in [-0.1, -0.05) is 23.2 Å². The smallest absolute Gasteiger partial charge is 0.303 e. The summed E-state index contributed by atoms with van der Waals surface area (Å²) in [4.78, 5) is 28.6. The van der Waals surface area contributed by atoms with Gasteiger partial charge in [-0.25, -0.2) is 4.98 Å². The molecular weight excluding hydrogens is 303 g/mol. The second kappa shape index (κ2) is 6.41. The van der Waals surface area contributed by atoms with Crippen molar-refractivity contribution in [1.82, 2.24) is 9.88 Å². The minimum absolute atomic E-state index is 0.000862. The SMILES string of the molecule is O=C(O)CC1CCCN(C(=O)c2cnc(Cl)c(Cl)c2)C1. The number of hydrogen-bond acceptors (Lipinski definition) is 3. The van der Waals surface area contributed by atoms with Crippen LogP contribution in [0.5, 0.6) is 0 Å². The molecule has 0 radical (unpaired) electrons. The Morgan fingerprint density at radius 3 is 2.85 bits per heavy atom. The van der Waals surface area contributed by atoms with Crippen LogP contribution in [-0.2, 0) is 4.79 Å². The van der Waals surface area contributed by atoms with Gasteiger partial charge < -0.3 is 10.0 Å². The van der Waals surface area contributed by atoms with E-state index in [1.807, 2.05) is 0 Å². The Morgan fingerprint density at radius 2 is 2.20 bits per heavy atom. The maximum Gasteiger partial charge on any atom is 0.303 e. The molecule has 1 unspecified atom stereocenters. The molecule has 1 N–H and O–H groups in total. The van der Waals surface area contributed by atoms with Crippen LogP contribution in [0.3, 0.4) is 0 Å². The molecule has 0 aliphatic carbocycles. The molecule has 0 saturated carbocycles. The Bertz CT molecular complexity index is 536. The van der Waals surface area contributed by atoms with Crippen molar-refractivity contribution in [2.45, 2.75) is 19.3 Å². The summed E-state index contributed by atoms with van der Waals surface area (Å²) in [6.07, 6.45) is 3.11. The zero-order valence-electron chi connectivity index (χ0n) is 10.7. The van der Waals surface area contributed by atoms with Crippen molar-refractivity contribution in [2.24, 2.45) is 5.92 Å². The first-order valence-electron chi connectivity index (χ1n) is 6.29. The molecule has 2 rings (SSSR count). The van der Waals surface area contributed by atoms with Gasteiger partial charge in [0.1, 0.15) is 5.15 Å². The van der Waals surface area contributed by atoms with E-state index in [4.69, 9.17) is 28.3 Å². The average Bonchev–Trinajstić information content (AvgIpc) is 2.40. The Balaban J connectivity index is 2.08. The van der Waals surface area contributed by atoms with Gasteiger partial charge in [-0.15, -0.1) is 0 Å². The molecular formula is C13H14Cl2N2O3. The predicted molar refractivity (Wildman–Crippen MR) is 75.1 cm³/mol. The molecule has 1 aliphatic heterocycles. The van der Waals surface area contributed by atoms with Crippen molar-refractivity contribution >= 4 is 35.1 Å². The van der Waals surface area contributed by atoms with Gasteiger partial charge in [-0.05, 0) is 24.8 Å². The van der Waals surface area contributed by atoms with E-state index < -0.39 is 5.97 Å². The van der Waals surface area contributed by atoms with E-state index in [2.05, 4.69) is 4.98 Å². The third kappa shape index (κ3) is 3.61. The number of aromatic nitrogens is 1. The Labute approximate surface area is 126 Å². The molecule has 5 nitrogen and oxygen atoms in total. The molecule has 0 spiro atoms. The van der Waals surface area contributed by atoms with Crippen molar-refractivity contribution in [3.05, 3.63) is 28.0 Å². The maximum atomic E-state index is 12.3. The topological polar surface area (TPSA) is 70.5 Å². The van der Waals surface area contributed by atoms with Crippen molar-refractivity contribution in [2.75, 3.05) is 13.1 Å². The minimum Gasteiger partial charge on any atom is -0.481 e. The van der Waals surface area contributed by atoms with Gasteiger partial charge in [0.25, 0.3) is 5.91 Å². The second-order valence-corrected chi connectivity index (χ2v) is 5.62. The highest BCUT2D eigenvalue weighted by Gasteiger charge is 2.26. The van der Waals surface area contributed by atoms with E-state index in [1.54, 1.807) is 4.90 Å².